The molecule has 2 rings (SSSR count). The van der Waals surface area contributed by atoms with Gasteiger partial charge < -0.3 is 14.8 Å². The molecule has 124 valence electrons. The molecule has 1 heterocycles. The molecule has 0 unspecified atom stereocenters. The minimum Gasteiger partial charge on any atom is -0.378 e. The third kappa shape index (κ3) is 4.19. The summed E-state index contributed by atoms with van der Waals surface area (Å²) in [6.45, 7) is 4.62. The van der Waals surface area contributed by atoms with Crippen molar-refractivity contribution in [3.63, 3.8) is 0 Å². The molecule has 0 atom stereocenters. The monoisotopic (exact) mass is 333 g/mol. The molecule has 0 bridgehead atoms. The molecule has 0 saturated heterocycles. The highest BCUT2D eigenvalue weighted by Crippen LogP contribution is 2.13. The van der Waals surface area contributed by atoms with Crippen LogP contribution in [0.3, 0.4) is 0 Å². The van der Waals surface area contributed by atoms with Crippen molar-refractivity contribution in [3.05, 3.63) is 40.4 Å². The van der Waals surface area contributed by atoms with Gasteiger partial charge in [0, 0.05) is 44.4 Å². The standard InChI is InChI=1S/C16H23N5OS/c1-11(2)21-14(18-19-16(21)23)8-9-17-15(22)12-6-5-7-13(10-12)20(3)4/h5-7,10-11H,8-9H2,1-4H3,(H,17,22)(H,19,23). The second-order valence-corrected chi connectivity index (χ2v) is 6.25. The van der Waals surface area contributed by atoms with Crippen LogP contribution in [-0.4, -0.2) is 41.3 Å². The quantitative estimate of drug-likeness (QED) is 0.798. The van der Waals surface area contributed by atoms with Crippen LogP contribution in [0.1, 0.15) is 36.1 Å². The highest BCUT2D eigenvalue weighted by atomic mass is 32.1. The molecule has 6 nitrogen and oxygen atoms in total. The van der Waals surface area contributed by atoms with Crippen molar-refractivity contribution < 1.29 is 4.79 Å². The zero-order valence-electron chi connectivity index (χ0n) is 14.0. The number of nitrogens with one attached hydrogen (secondary N) is 2. The first-order chi connectivity index (χ1) is 10.9. The molecule has 0 radical (unpaired) electrons. The number of nitrogens with zero attached hydrogens (tertiary/aromatic N) is 3. The number of carbonyl (C=O) groups is 1. The molecule has 0 spiro atoms. The molecule has 0 saturated carbocycles. The minimum absolute atomic E-state index is 0.0843. The van der Waals surface area contributed by atoms with E-state index in [9.17, 15) is 4.79 Å². The van der Waals surface area contributed by atoms with Gasteiger partial charge in [-0.15, -0.1) is 0 Å². The molecule has 2 N–H and O–H groups in total. The first-order valence-electron chi connectivity index (χ1n) is 7.61. The molecule has 1 amide bonds. The van der Waals surface area contributed by atoms with Crippen molar-refractivity contribution in [2.24, 2.45) is 0 Å². The summed E-state index contributed by atoms with van der Waals surface area (Å²) >= 11 is 5.22. The third-order valence-electron chi connectivity index (χ3n) is 3.55. The number of hydrogen-bond donors (Lipinski definition) is 2. The van der Waals surface area contributed by atoms with E-state index in [0.29, 0.717) is 23.3 Å². The third-order valence-corrected chi connectivity index (χ3v) is 3.84. The topological polar surface area (TPSA) is 66.0 Å². The van der Waals surface area contributed by atoms with Gasteiger partial charge in [-0.05, 0) is 44.3 Å². The molecule has 0 aliphatic rings. The Labute approximate surface area is 141 Å². The summed E-state index contributed by atoms with van der Waals surface area (Å²) in [5.74, 6) is 0.770. The van der Waals surface area contributed by atoms with Gasteiger partial charge in [0.25, 0.3) is 5.91 Å². The molecular weight excluding hydrogens is 310 g/mol. The predicted molar refractivity (Wildman–Crippen MR) is 94.6 cm³/mol. The first-order valence-corrected chi connectivity index (χ1v) is 8.02. The maximum atomic E-state index is 12.2. The van der Waals surface area contributed by atoms with Crippen molar-refractivity contribution >= 4 is 23.8 Å². The highest BCUT2D eigenvalue weighted by molar-refractivity contribution is 7.71. The van der Waals surface area contributed by atoms with Gasteiger partial charge in [-0.1, -0.05) is 6.07 Å². The molecule has 1 aromatic heterocycles. The van der Waals surface area contributed by atoms with Gasteiger partial charge in [-0.2, -0.15) is 5.10 Å². The lowest BCUT2D eigenvalue weighted by molar-refractivity contribution is 0.0954. The average molecular weight is 333 g/mol. The number of aromatic nitrogens is 3. The van der Waals surface area contributed by atoms with Gasteiger partial charge in [0.2, 0.25) is 0 Å². The second-order valence-electron chi connectivity index (χ2n) is 5.86. The Kier molecular flexibility index (Phi) is 5.54. The molecule has 0 aliphatic heterocycles. The Morgan fingerprint density at radius 3 is 2.83 bits per heavy atom. The number of carbonyl (C=O) groups excluding carboxylic acids is 1. The zero-order valence-corrected chi connectivity index (χ0v) is 14.8. The lowest BCUT2D eigenvalue weighted by Crippen LogP contribution is -2.27. The Morgan fingerprint density at radius 2 is 2.17 bits per heavy atom. The molecule has 2 aromatic rings. The van der Waals surface area contributed by atoms with E-state index in [1.807, 2.05) is 47.8 Å². The Bertz CT molecular complexity index is 732. The largest absolute Gasteiger partial charge is 0.378 e. The number of H-pyrrole nitrogens is 1. The number of anilines is 1. The number of aromatic amines is 1. The Hall–Kier alpha value is -2.15. The van der Waals surface area contributed by atoms with E-state index in [1.165, 1.54) is 0 Å². The lowest BCUT2D eigenvalue weighted by atomic mass is 10.2. The number of hydrogen-bond acceptors (Lipinski definition) is 4. The normalized spacial score (nSPS) is 10.8. The van der Waals surface area contributed by atoms with Crippen LogP contribution in [0.4, 0.5) is 5.69 Å². The zero-order chi connectivity index (χ0) is 17.0. The molecule has 0 aliphatic carbocycles. The maximum Gasteiger partial charge on any atom is 0.251 e. The highest BCUT2D eigenvalue weighted by Gasteiger charge is 2.11. The van der Waals surface area contributed by atoms with E-state index in [-0.39, 0.29) is 11.9 Å². The van der Waals surface area contributed by atoms with Crippen LogP contribution >= 0.6 is 12.2 Å². The number of amides is 1. The summed E-state index contributed by atoms with van der Waals surface area (Å²) in [6.07, 6.45) is 0.629. The summed E-state index contributed by atoms with van der Waals surface area (Å²) in [5.41, 5.74) is 1.65. The van der Waals surface area contributed by atoms with Crippen LogP contribution in [0.25, 0.3) is 0 Å². The van der Waals surface area contributed by atoms with Crippen LogP contribution < -0.4 is 10.2 Å². The molecule has 7 heteroatoms. The number of benzene rings is 1. The van der Waals surface area contributed by atoms with Gasteiger partial charge in [0.1, 0.15) is 5.82 Å². The van der Waals surface area contributed by atoms with Crippen molar-refractivity contribution in [1.82, 2.24) is 20.1 Å². The molecule has 0 fully saturated rings. The van der Waals surface area contributed by atoms with Crippen LogP contribution in [-0.2, 0) is 6.42 Å². The molecular formula is C16H23N5OS. The molecule has 1 aromatic carbocycles. The van der Waals surface area contributed by atoms with Crippen LogP contribution in [0.2, 0.25) is 0 Å². The van der Waals surface area contributed by atoms with E-state index in [2.05, 4.69) is 29.4 Å². The summed E-state index contributed by atoms with van der Waals surface area (Å²) in [6, 6.07) is 7.78. The van der Waals surface area contributed by atoms with Gasteiger partial charge in [0.05, 0.1) is 0 Å². The Balaban J connectivity index is 1.98. The maximum absolute atomic E-state index is 12.2. The predicted octanol–water partition coefficient (Wildman–Crippen LogP) is 2.56. The van der Waals surface area contributed by atoms with E-state index in [1.54, 1.807) is 0 Å². The first kappa shape index (κ1) is 17.2. The van der Waals surface area contributed by atoms with E-state index in [4.69, 9.17) is 12.2 Å². The van der Waals surface area contributed by atoms with Gasteiger partial charge >= 0.3 is 0 Å². The van der Waals surface area contributed by atoms with E-state index in [0.717, 1.165) is 11.5 Å². The van der Waals surface area contributed by atoms with Crippen molar-refractivity contribution in [2.75, 3.05) is 25.5 Å². The summed E-state index contributed by atoms with van der Waals surface area (Å²) in [5, 5.41) is 9.97. The molecule has 23 heavy (non-hydrogen) atoms. The van der Waals surface area contributed by atoms with Crippen LogP contribution in [0, 0.1) is 4.77 Å². The summed E-state index contributed by atoms with van der Waals surface area (Å²) in [4.78, 5) is 14.2. The smallest absolute Gasteiger partial charge is 0.251 e. The summed E-state index contributed by atoms with van der Waals surface area (Å²) < 4.78 is 2.58. The van der Waals surface area contributed by atoms with Crippen molar-refractivity contribution in [1.29, 1.82) is 0 Å². The minimum atomic E-state index is -0.0843. The number of rotatable bonds is 6. The lowest BCUT2D eigenvalue weighted by Gasteiger charge is -2.14. The van der Waals surface area contributed by atoms with Crippen molar-refractivity contribution in [3.8, 4) is 0 Å². The fraction of sp³-hybridized carbons (Fsp3) is 0.438. The van der Waals surface area contributed by atoms with Gasteiger partial charge in [0.15, 0.2) is 4.77 Å². The van der Waals surface area contributed by atoms with Gasteiger partial charge in [-0.3, -0.25) is 9.89 Å². The average Bonchev–Trinajstić information content (AvgIpc) is 2.88. The van der Waals surface area contributed by atoms with Crippen molar-refractivity contribution in [2.45, 2.75) is 26.3 Å². The van der Waals surface area contributed by atoms with E-state index >= 15 is 0 Å². The van der Waals surface area contributed by atoms with E-state index < -0.39 is 0 Å². The van der Waals surface area contributed by atoms with Crippen LogP contribution in [0.15, 0.2) is 24.3 Å². The SMILES string of the molecule is CC(C)n1c(CCNC(=O)c2cccc(N(C)C)c2)n[nH]c1=S. The van der Waals surface area contributed by atoms with Crippen LogP contribution in [0.5, 0.6) is 0 Å². The Morgan fingerprint density at radius 1 is 1.43 bits per heavy atom. The fourth-order valence-electron chi connectivity index (χ4n) is 2.36. The summed E-state index contributed by atoms with van der Waals surface area (Å²) in [7, 11) is 3.90. The second kappa shape index (κ2) is 7.41. The fourth-order valence-corrected chi connectivity index (χ4v) is 2.72. The van der Waals surface area contributed by atoms with Gasteiger partial charge in [-0.25, -0.2) is 0 Å².